The van der Waals surface area contributed by atoms with Crippen LogP contribution in [0.2, 0.25) is 0 Å². The van der Waals surface area contributed by atoms with Crippen molar-refractivity contribution >= 4 is 0 Å². The Morgan fingerprint density at radius 3 is 2.00 bits per heavy atom. The molecule has 0 aliphatic rings. The molecule has 0 amide bonds. The van der Waals surface area contributed by atoms with E-state index in [9.17, 15) is 5.11 Å². The van der Waals surface area contributed by atoms with Crippen LogP contribution in [0.15, 0.2) is 12.1 Å². The van der Waals surface area contributed by atoms with Gasteiger partial charge in [-0.2, -0.15) is 0 Å². The minimum atomic E-state index is 0.437. The molecule has 0 saturated carbocycles. The van der Waals surface area contributed by atoms with Gasteiger partial charge in [-0.05, 0) is 43.0 Å². The van der Waals surface area contributed by atoms with Crippen LogP contribution in [0.3, 0.4) is 0 Å². The Morgan fingerprint density at radius 2 is 1.58 bits per heavy atom. The summed E-state index contributed by atoms with van der Waals surface area (Å²) in [4.78, 5) is 2.50. The number of aromatic hydroxyl groups is 1. The molecule has 2 heteroatoms. The highest BCUT2D eigenvalue weighted by Crippen LogP contribution is 2.24. The van der Waals surface area contributed by atoms with Gasteiger partial charge in [-0.25, -0.2) is 0 Å². The van der Waals surface area contributed by atoms with Crippen LogP contribution in [0.1, 0.15) is 50.3 Å². The van der Waals surface area contributed by atoms with Gasteiger partial charge in [0.2, 0.25) is 0 Å². The van der Waals surface area contributed by atoms with Crippen LogP contribution in [0.25, 0.3) is 0 Å². The molecular weight excluding hydrogens is 234 g/mol. The molecule has 0 radical (unpaired) electrons. The van der Waals surface area contributed by atoms with Crippen molar-refractivity contribution in [3.8, 4) is 5.75 Å². The van der Waals surface area contributed by atoms with Crippen molar-refractivity contribution < 1.29 is 5.11 Å². The van der Waals surface area contributed by atoms with Crippen molar-refractivity contribution in [2.75, 3.05) is 13.1 Å². The van der Waals surface area contributed by atoms with Crippen LogP contribution < -0.4 is 0 Å². The van der Waals surface area contributed by atoms with Crippen LogP contribution in [0, 0.1) is 19.8 Å². The molecule has 0 bridgehead atoms. The average Bonchev–Trinajstić information content (AvgIpc) is 2.40. The molecule has 2 nitrogen and oxygen atoms in total. The Hall–Kier alpha value is -1.02. The van der Waals surface area contributed by atoms with Gasteiger partial charge in [0.05, 0.1) is 0 Å². The Bertz CT molecular complexity index is 373. The van der Waals surface area contributed by atoms with Crippen molar-refractivity contribution in [1.29, 1.82) is 0 Å². The molecule has 1 N–H and O–H groups in total. The molecule has 1 rings (SSSR count). The van der Waals surface area contributed by atoms with E-state index >= 15 is 0 Å². The summed E-state index contributed by atoms with van der Waals surface area (Å²) in [6, 6.07) is 4.22. The van der Waals surface area contributed by atoms with Gasteiger partial charge in [0, 0.05) is 13.1 Å². The third-order valence-corrected chi connectivity index (χ3v) is 4.08. The summed E-state index contributed by atoms with van der Waals surface area (Å²) in [5.41, 5.74) is 3.27. The van der Waals surface area contributed by atoms with Crippen molar-refractivity contribution in [3.05, 3.63) is 28.8 Å². The third kappa shape index (κ3) is 4.54. The van der Waals surface area contributed by atoms with E-state index < -0.39 is 0 Å². The zero-order valence-electron chi connectivity index (χ0n) is 13.2. The Kier molecular flexibility index (Phi) is 6.36. The molecular formula is C17H29NO. The summed E-state index contributed by atoms with van der Waals surface area (Å²) in [5.74, 6) is 1.23. The SMILES string of the molecule is CCC(CC)CN(CC)Cc1cc(C)c(O)c(C)c1. The summed E-state index contributed by atoms with van der Waals surface area (Å²) >= 11 is 0. The van der Waals surface area contributed by atoms with Crippen molar-refractivity contribution in [1.82, 2.24) is 4.90 Å². The van der Waals surface area contributed by atoms with E-state index in [2.05, 4.69) is 37.8 Å². The summed E-state index contributed by atoms with van der Waals surface area (Å²) < 4.78 is 0. The first-order chi connectivity index (χ1) is 9.01. The third-order valence-electron chi connectivity index (χ3n) is 4.08. The fraction of sp³-hybridized carbons (Fsp3) is 0.647. The number of nitrogens with zero attached hydrogens (tertiary/aromatic N) is 1. The number of hydrogen-bond acceptors (Lipinski definition) is 2. The molecule has 0 unspecified atom stereocenters. The van der Waals surface area contributed by atoms with Gasteiger partial charge in [0.25, 0.3) is 0 Å². The predicted molar refractivity (Wildman–Crippen MR) is 82.6 cm³/mol. The predicted octanol–water partition coefficient (Wildman–Crippen LogP) is 4.27. The number of benzene rings is 1. The summed E-state index contributed by atoms with van der Waals surface area (Å²) in [6.07, 6.45) is 2.50. The number of rotatable bonds is 7. The van der Waals surface area contributed by atoms with Gasteiger partial charge in [-0.1, -0.05) is 45.7 Å². The largest absolute Gasteiger partial charge is 0.507 e. The quantitative estimate of drug-likeness (QED) is 0.794. The van der Waals surface area contributed by atoms with Gasteiger partial charge < -0.3 is 5.11 Å². The van der Waals surface area contributed by atoms with Crippen molar-refractivity contribution in [2.24, 2.45) is 5.92 Å². The fourth-order valence-corrected chi connectivity index (χ4v) is 2.61. The molecule has 0 aliphatic heterocycles. The van der Waals surface area contributed by atoms with E-state index in [4.69, 9.17) is 0 Å². The topological polar surface area (TPSA) is 23.5 Å². The Morgan fingerprint density at radius 1 is 1.05 bits per heavy atom. The smallest absolute Gasteiger partial charge is 0.121 e. The molecule has 0 fully saturated rings. The van der Waals surface area contributed by atoms with Crippen LogP contribution >= 0.6 is 0 Å². The number of phenolic OH excluding ortho intramolecular Hbond substituents is 1. The second kappa shape index (κ2) is 7.54. The van der Waals surface area contributed by atoms with Gasteiger partial charge in [-0.15, -0.1) is 0 Å². The minimum Gasteiger partial charge on any atom is -0.507 e. The van der Waals surface area contributed by atoms with Gasteiger partial charge >= 0.3 is 0 Å². The van der Waals surface area contributed by atoms with E-state index in [1.807, 2.05) is 13.8 Å². The van der Waals surface area contributed by atoms with Gasteiger partial charge in [-0.3, -0.25) is 4.90 Å². The zero-order chi connectivity index (χ0) is 14.4. The zero-order valence-corrected chi connectivity index (χ0v) is 13.2. The van der Waals surface area contributed by atoms with Crippen molar-refractivity contribution in [2.45, 2.75) is 54.0 Å². The fourth-order valence-electron chi connectivity index (χ4n) is 2.61. The normalized spacial score (nSPS) is 11.5. The van der Waals surface area contributed by atoms with Crippen molar-refractivity contribution in [3.63, 3.8) is 0 Å². The second-order valence-electron chi connectivity index (χ2n) is 5.59. The van der Waals surface area contributed by atoms with Gasteiger partial charge in [0.1, 0.15) is 5.75 Å². The van der Waals surface area contributed by atoms with Gasteiger partial charge in [0.15, 0.2) is 0 Å². The first-order valence-corrected chi connectivity index (χ1v) is 7.53. The monoisotopic (exact) mass is 263 g/mol. The van der Waals surface area contributed by atoms with E-state index in [0.717, 1.165) is 30.1 Å². The van der Waals surface area contributed by atoms with E-state index in [1.165, 1.54) is 24.9 Å². The summed E-state index contributed by atoms with van der Waals surface area (Å²) in [5, 5.41) is 9.83. The summed E-state index contributed by atoms with van der Waals surface area (Å²) in [7, 11) is 0. The standard InChI is InChI=1S/C17H29NO/c1-6-15(7-2)11-18(8-3)12-16-9-13(4)17(19)14(5)10-16/h9-10,15,19H,6-8,11-12H2,1-5H3. The van der Waals surface area contributed by atoms with Crippen LogP contribution in [-0.4, -0.2) is 23.1 Å². The molecule has 1 aromatic carbocycles. The molecule has 0 heterocycles. The van der Waals surface area contributed by atoms with Crippen LogP contribution in [0.5, 0.6) is 5.75 Å². The minimum absolute atomic E-state index is 0.437. The second-order valence-corrected chi connectivity index (χ2v) is 5.59. The first-order valence-electron chi connectivity index (χ1n) is 7.53. The lowest BCUT2D eigenvalue weighted by Crippen LogP contribution is -2.28. The molecule has 0 saturated heterocycles. The number of aryl methyl sites for hydroxylation is 2. The Balaban J connectivity index is 2.75. The number of phenols is 1. The lowest BCUT2D eigenvalue weighted by molar-refractivity contribution is 0.226. The molecule has 0 atom stereocenters. The number of hydrogen-bond donors (Lipinski definition) is 1. The highest BCUT2D eigenvalue weighted by molar-refractivity contribution is 5.42. The highest BCUT2D eigenvalue weighted by atomic mass is 16.3. The molecule has 19 heavy (non-hydrogen) atoms. The van der Waals surface area contributed by atoms with Crippen LogP contribution in [0.4, 0.5) is 0 Å². The average molecular weight is 263 g/mol. The first kappa shape index (κ1) is 16.0. The maximum Gasteiger partial charge on any atom is 0.121 e. The Labute approximate surface area is 118 Å². The highest BCUT2D eigenvalue weighted by Gasteiger charge is 2.11. The molecule has 0 spiro atoms. The maximum absolute atomic E-state index is 9.83. The maximum atomic E-state index is 9.83. The summed E-state index contributed by atoms with van der Waals surface area (Å²) in [6.45, 7) is 14.0. The van der Waals surface area contributed by atoms with E-state index in [1.54, 1.807) is 0 Å². The lowest BCUT2D eigenvalue weighted by Gasteiger charge is -2.25. The molecule has 1 aromatic rings. The van der Waals surface area contributed by atoms with Crippen LogP contribution in [-0.2, 0) is 6.54 Å². The molecule has 0 aliphatic carbocycles. The lowest BCUT2D eigenvalue weighted by atomic mass is 10.0. The molecule has 0 aromatic heterocycles. The van der Waals surface area contributed by atoms with E-state index in [0.29, 0.717) is 5.75 Å². The van der Waals surface area contributed by atoms with E-state index in [-0.39, 0.29) is 0 Å². The molecule has 108 valence electrons.